The minimum absolute atomic E-state index is 0.0189. The first-order valence-corrected chi connectivity index (χ1v) is 9.79. The lowest BCUT2D eigenvalue weighted by Crippen LogP contribution is -2.26. The Kier molecular flexibility index (Phi) is 4.63. The zero-order valence-corrected chi connectivity index (χ0v) is 15.6. The quantitative estimate of drug-likeness (QED) is 0.615. The van der Waals surface area contributed by atoms with Gasteiger partial charge in [0, 0.05) is 23.7 Å². The molecule has 29 heavy (non-hydrogen) atoms. The highest BCUT2D eigenvalue weighted by atomic mass is 32.2. The van der Waals surface area contributed by atoms with Crippen molar-refractivity contribution in [3.05, 3.63) is 65.1 Å². The lowest BCUT2D eigenvalue weighted by molar-refractivity contribution is 0.0764. The number of nitrogens with one attached hydrogen (secondary N) is 1. The van der Waals surface area contributed by atoms with Crippen molar-refractivity contribution in [1.29, 1.82) is 0 Å². The summed E-state index contributed by atoms with van der Waals surface area (Å²) in [5, 5.41) is 10.8. The summed E-state index contributed by atoms with van der Waals surface area (Å²) < 4.78 is 43.6. The summed E-state index contributed by atoms with van der Waals surface area (Å²) in [4.78, 5) is 18.4. The van der Waals surface area contributed by atoms with Gasteiger partial charge in [0.1, 0.15) is 11.3 Å². The first-order chi connectivity index (χ1) is 13.8. The van der Waals surface area contributed by atoms with Crippen LogP contribution in [0.5, 0.6) is 11.5 Å². The molecule has 11 heteroatoms. The van der Waals surface area contributed by atoms with Crippen LogP contribution in [0.15, 0.2) is 42.6 Å². The van der Waals surface area contributed by atoms with Gasteiger partial charge in [-0.25, -0.2) is 9.02 Å². The fourth-order valence-corrected chi connectivity index (χ4v) is 3.74. The Bertz CT molecular complexity index is 1230. The number of phenols is 1. The summed E-state index contributed by atoms with van der Waals surface area (Å²) in [5.74, 6) is -1.45. The molecule has 0 saturated carbocycles. The first-order valence-electron chi connectivity index (χ1n) is 8.39. The third-order valence-electron chi connectivity index (χ3n) is 4.56. The molecule has 2 radical (unpaired) electrons. The molecule has 0 fully saturated rings. The molecule has 1 aliphatic heterocycles. The highest BCUT2D eigenvalue weighted by Crippen LogP contribution is 2.44. The predicted molar refractivity (Wildman–Crippen MR) is 102 cm³/mol. The summed E-state index contributed by atoms with van der Waals surface area (Å²) in [6.45, 7) is 0.0949. The van der Waals surface area contributed by atoms with Gasteiger partial charge in [-0.1, -0.05) is 12.1 Å². The Hall–Kier alpha value is -3.18. The Balaban J connectivity index is 1.83. The van der Waals surface area contributed by atoms with Crippen LogP contribution in [-0.4, -0.2) is 37.3 Å². The lowest BCUT2D eigenvalue weighted by atomic mass is 10.0. The molecule has 4 rings (SSSR count). The number of halogens is 1. The number of fused-ring (bicyclic) bond motifs is 2. The number of hydrogen-bond acceptors (Lipinski definition) is 6. The monoisotopic (exact) mass is 413 g/mol. The molecule has 0 bridgehead atoms. The average molecular weight is 413 g/mol. The fourth-order valence-electron chi connectivity index (χ4n) is 3.28. The van der Waals surface area contributed by atoms with Crippen LogP contribution in [-0.2, 0) is 23.4 Å². The molecule has 0 spiro atoms. The number of phenolic OH excluding ortho intramolecular Hbond substituents is 1. The van der Waals surface area contributed by atoms with E-state index in [1.807, 2.05) is 0 Å². The number of amides is 1. The maximum absolute atomic E-state index is 13.1. The van der Waals surface area contributed by atoms with Crippen LogP contribution in [0.25, 0.3) is 10.9 Å². The van der Waals surface area contributed by atoms with E-state index in [1.54, 1.807) is 4.63 Å². The van der Waals surface area contributed by atoms with E-state index in [-0.39, 0.29) is 46.6 Å². The maximum atomic E-state index is 13.1. The molecule has 8 nitrogen and oxygen atoms in total. The van der Waals surface area contributed by atoms with E-state index < -0.39 is 22.0 Å². The summed E-state index contributed by atoms with van der Waals surface area (Å²) in [5.41, 5.74) is 0.772. The summed E-state index contributed by atoms with van der Waals surface area (Å²) in [7, 11) is 0.656. The van der Waals surface area contributed by atoms with Gasteiger partial charge in [-0.3, -0.25) is 9.78 Å². The molecule has 1 aromatic heterocycles. The van der Waals surface area contributed by atoms with E-state index >= 15 is 0 Å². The maximum Gasteiger partial charge on any atom is 0.371 e. The van der Waals surface area contributed by atoms with Gasteiger partial charge in [-0.05, 0) is 29.8 Å². The van der Waals surface area contributed by atoms with E-state index in [1.165, 1.54) is 47.5 Å². The van der Waals surface area contributed by atoms with Crippen LogP contribution in [0.2, 0.25) is 0 Å². The Labute approximate surface area is 166 Å². The SMILES string of the molecule is [B]NS(=O)(=O)Oc1c2c(c(O)c3ncccc13)C(=O)N(Cc1ccc(F)cc1)C2. The first kappa shape index (κ1) is 19.2. The molecule has 0 unspecified atom stereocenters. The number of pyridine rings is 1. The molecule has 0 aliphatic carbocycles. The Morgan fingerprint density at radius 3 is 2.69 bits per heavy atom. The Morgan fingerprint density at radius 1 is 1.28 bits per heavy atom. The van der Waals surface area contributed by atoms with Crippen molar-refractivity contribution in [3.63, 3.8) is 0 Å². The largest absolute Gasteiger partial charge is 0.505 e. The van der Waals surface area contributed by atoms with Crippen LogP contribution in [0, 0.1) is 5.82 Å². The molecule has 0 saturated heterocycles. The van der Waals surface area contributed by atoms with E-state index in [2.05, 4.69) is 4.98 Å². The number of carbonyl (C=O) groups is 1. The second-order valence-corrected chi connectivity index (χ2v) is 7.68. The van der Waals surface area contributed by atoms with Crippen molar-refractivity contribution in [1.82, 2.24) is 14.5 Å². The molecular weight excluding hydrogens is 400 g/mol. The third-order valence-corrected chi connectivity index (χ3v) is 5.24. The topological polar surface area (TPSA) is 109 Å². The molecule has 1 aliphatic rings. The van der Waals surface area contributed by atoms with Gasteiger partial charge in [0.25, 0.3) is 5.91 Å². The fraction of sp³-hybridized carbons (Fsp3) is 0.111. The number of carbonyl (C=O) groups excluding carboxylic acids is 1. The van der Waals surface area contributed by atoms with E-state index in [9.17, 15) is 22.7 Å². The van der Waals surface area contributed by atoms with Crippen molar-refractivity contribution in [2.24, 2.45) is 0 Å². The highest BCUT2D eigenvalue weighted by molar-refractivity contribution is 7.86. The van der Waals surface area contributed by atoms with Gasteiger partial charge in [-0.15, -0.1) is 0 Å². The molecule has 2 aromatic carbocycles. The number of nitrogens with zero attached hydrogens (tertiary/aromatic N) is 2. The van der Waals surface area contributed by atoms with Crippen molar-refractivity contribution < 1.29 is 26.9 Å². The molecule has 146 valence electrons. The predicted octanol–water partition coefficient (Wildman–Crippen LogP) is 1.53. The molecular formula is C18H13BFN3O5S. The normalized spacial score (nSPS) is 13.7. The van der Waals surface area contributed by atoms with E-state index in [0.29, 0.717) is 5.56 Å². The van der Waals surface area contributed by atoms with Gasteiger partial charge >= 0.3 is 10.3 Å². The number of aromatic nitrogens is 1. The van der Waals surface area contributed by atoms with E-state index in [0.717, 1.165) is 0 Å². The Morgan fingerprint density at radius 2 is 2.00 bits per heavy atom. The van der Waals surface area contributed by atoms with Gasteiger partial charge in [0.05, 0.1) is 12.1 Å². The summed E-state index contributed by atoms with van der Waals surface area (Å²) in [6, 6.07) is 8.65. The smallest absolute Gasteiger partial charge is 0.371 e. The number of benzene rings is 2. The lowest BCUT2D eigenvalue weighted by Gasteiger charge is -2.16. The van der Waals surface area contributed by atoms with Crippen LogP contribution in [0.3, 0.4) is 0 Å². The molecule has 2 N–H and O–H groups in total. The highest BCUT2D eigenvalue weighted by Gasteiger charge is 2.36. The minimum Gasteiger partial charge on any atom is -0.505 e. The van der Waals surface area contributed by atoms with Crippen molar-refractivity contribution in [2.75, 3.05) is 0 Å². The van der Waals surface area contributed by atoms with Gasteiger partial charge < -0.3 is 14.2 Å². The van der Waals surface area contributed by atoms with E-state index in [4.69, 9.17) is 12.2 Å². The van der Waals surface area contributed by atoms with Gasteiger partial charge in [0.15, 0.2) is 11.5 Å². The number of rotatable bonds is 5. The van der Waals surface area contributed by atoms with Crippen LogP contribution in [0.4, 0.5) is 4.39 Å². The summed E-state index contributed by atoms with van der Waals surface area (Å²) >= 11 is 0. The minimum atomic E-state index is -4.35. The third kappa shape index (κ3) is 3.38. The number of hydrogen-bond donors (Lipinski definition) is 2. The van der Waals surface area contributed by atoms with Gasteiger partial charge in [-0.2, -0.15) is 8.42 Å². The zero-order valence-electron chi connectivity index (χ0n) is 14.8. The summed E-state index contributed by atoms with van der Waals surface area (Å²) in [6.07, 6.45) is 1.39. The number of aromatic hydroxyl groups is 1. The molecule has 3 aromatic rings. The van der Waals surface area contributed by atoms with Gasteiger partial charge in [0.2, 0.25) is 7.98 Å². The van der Waals surface area contributed by atoms with Crippen LogP contribution >= 0.6 is 0 Å². The van der Waals surface area contributed by atoms with Crippen molar-refractivity contribution >= 4 is 35.1 Å². The molecule has 1 amide bonds. The zero-order chi connectivity index (χ0) is 20.8. The molecule has 0 atom stereocenters. The van der Waals surface area contributed by atoms with Crippen molar-refractivity contribution in [3.8, 4) is 11.5 Å². The van der Waals surface area contributed by atoms with Crippen LogP contribution in [0.1, 0.15) is 21.5 Å². The van der Waals surface area contributed by atoms with Crippen molar-refractivity contribution in [2.45, 2.75) is 13.1 Å². The average Bonchev–Trinajstić information content (AvgIpc) is 3.03. The standard InChI is InChI=1S/C18H13BFN3O5S/c19-22-29(26,27)28-17-12-2-1-7-21-15(12)16(24)14-13(17)9-23(18(14)25)8-10-3-5-11(20)6-4-10/h1-7,22,24H,8-9H2. The van der Waals surface area contributed by atoms with Crippen LogP contribution < -0.4 is 8.82 Å². The molecule has 2 heterocycles. The second kappa shape index (κ2) is 7.01. The second-order valence-electron chi connectivity index (χ2n) is 6.37.